The quantitative estimate of drug-likeness (QED) is 0.835. The SMILES string of the molecule is O=C1OC(O)(c2cccc(Cl)c2)C(Cc2ccccc2)=C1C1=COCO1. The first-order chi connectivity index (χ1) is 12.6. The molecule has 2 aromatic carbocycles. The van der Waals surface area contributed by atoms with Crippen molar-refractivity contribution in [1.82, 2.24) is 0 Å². The summed E-state index contributed by atoms with van der Waals surface area (Å²) < 4.78 is 15.9. The first kappa shape index (κ1) is 16.7. The van der Waals surface area contributed by atoms with Crippen molar-refractivity contribution in [3.8, 4) is 0 Å². The lowest BCUT2D eigenvalue weighted by Gasteiger charge is -2.25. The Labute approximate surface area is 155 Å². The molecule has 0 bridgehead atoms. The fourth-order valence-electron chi connectivity index (χ4n) is 3.10. The van der Waals surface area contributed by atoms with Gasteiger partial charge < -0.3 is 19.3 Å². The van der Waals surface area contributed by atoms with E-state index in [0.29, 0.717) is 22.6 Å². The molecule has 132 valence electrons. The molecule has 2 aliphatic rings. The summed E-state index contributed by atoms with van der Waals surface area (Å²) in [6, 6.07) is 16.1. The van der Waals surface area contributed by atoms with Crippen LogP contribution in [-0.4, -0.2) is 17.9 Å². The monoisotopic (exact) mass is 370 g/mol. The number of carbonyl (C=O) groups excluding carboxylic acids is 1. The van der Waals surface area contributed by atoms with Gasteiger partial charge in [0.25, 0.3) is 5.79 Å². The highest BCUT2D eigenvalue weighted by molar-refractivity contribution is 6.30. The highest BCUT2D eigenvalue weighted by atomic mass is 35.5. The zero-order valence-electron chi connectivity index (χ0n) is 13.6. The van der Waals surface area contributed by atoms with Gasteiger partial charge in [0.05, 0.1) is 0 Å². The van der Waals surface area contributed by atoms with Crippen LogP contribution in [0.4, 0.5) is 0 Å². The third kappa shape index (κ3) is 2.85. The van der Waals surface area contributed by atoms with Crippen LogP contribution in [0.5, 0.6) is 0 Å². The average molecular weight is 371 g/mol. The summed E-state index contributed by atoms with van der Waals surface area (Å²) in [6.45, 7) is 0.0142. The molecule has 1 unspecified atom stereocenters. The van der Waals surface area contributed by atoms with Crippen LogP contribution in [0, 0.1) is 0 Å². The fourth-order valence-corrected chi connectivity index (χ4v) is 3.29. The lowest BCUT2D eigenvalue weighted by molar-refractivity contribution is -0.186. The number of cyclic esters (lactones) is 1. The molecule has 2 aliphatic heterocycles. The third-order valence-electron chi connectivity index (χ3n) is 4.31. The lowest BCUT2D eigenvalue weighted by Crippen LogP contribution is -2.29. The Morgan fingerprint density at radius 3 is 2.62 bits per heavy atom. The summed E-state index contributed by atoms with van der Waals surface area (Å²) in [5.41, 5.74) is 1.85. The number of hydrogen-bond acceptors (Lipinski definition) is 5. The van der Waals surface area contributed by atoms with Crippen LogP contribution in [0.1, 0.15) is 11.1 Å². The molecule has 4 rings (SSSR count). The fraction of sp³-hybridized carbons (Fsp3) is 0.150. The maximum Gasteiger partial charge on any atom is 0.345 e. The van der Waals surface area contributed by atoms with Gasteiger partial charge in [0, 0.05) is 22.6 Å². The van der Waals surface area contributed by atoms with Crippen LogP contribution < -0.4 is 0 Å². The van der Waals surface area contributed by atoms with Crippen LogP contribution in [0.2, 0.25) is 5.02 Å². The van der Waals surface area contributed by atoms with E-state index in [4.69, 9.17) is 25.8 Å². The van der Waals surface area contributed by atoms with Crippen LogP contribution in [-0.2, 0) is 31.2 Å². The van der Waals surface area contributed by atoms with Crippen molar-refractivity contribution in [2.24, 2.45) is 0 Å². The molecule has 0 spiro atoms. The van der Waals surface area contributed by atoms with Crippen LogP contribution in [0.3, 0.4) is 0 Å². The maximum atomic E-state index is 12.6. The highest BCUT2D eigenvalue weighted by Gasteiger charge is 2.49. The number of ether oxygens (including phenoxy) is 3. The zero-order valence-corrected chi connectivity index (χ0v) is 14.4. The van der Waals surface area contributed by atoms with Gasteiger partial charge >= 0.3 is 5.97 Å². The Bertz CT molecular complexity index is 919. The van der Waals surface area contributed by atoms with E-state index < -0.39 is 11.8 Å². The second-order valence-electron chi connectivity index (χ2n) is 5.97. The summed E-state index contributed by atoms with van der Waals surface area (Å²) in [6.07, 6.45) is 1.65. The molecule has 6 heteroatoms. The molecular weight excluding hydrogens is 356 g/mol. The van der Waals surface area contributed by atoms with Crippen molar-refractivity contribution in [1.29, 1.82) is 0 Å². The molecule has 0 radical (unpaired) electrons. The standard InChI is InChI=1S/C20H15ClO5/c21-15-8-4-7-14(10-15)20(23)16(9-13-5-2-1-3-6-13)18(19(22)26-20)17-11-24-12-25-17/h1-8,10-11,23H,9,12H2. The van der Waals surface area contributed by atoms with Gasteiger partial charge in [-0.15, -0.1) is 0 Å². The van der Waals surface area contributed by atoms with Gasteiger partial charge in [0.1, 0.15) is 11.8 Å². The van der Waals surface area contributed by atoms with Crippen molar-refractivity contribution in [2.45, 2.75) is 12.2 Å². The van der Waals surface area contributed by atoms with E-state index >= 15 is 0 Å². The molecule has 1 atom stereocenters. The maximum absolute atomic E-state index is 12.6. The number of aliphatic hydroxyl groups is 1. The minimum atomic E-state index is -1.93. The number of benzene rings is 2. The molecule has 1 N–H and O–H groups in total. The van der Waals surface area contributed by atoms with E-state index in [1.54, 1.807) is 24.3 Å². The largest absolute Gasteiger partial charge is 0.461 e. The van der Waals surface area contributed by atoms with Gasteiger partial charge in [-0.2, -0.15) is 0 Å². The Hall–Kier alpha value is -2.76. The van der Waals surface area contributed by atoms with Gasteiger partial charge in [0.15, 0.2) is 5.76 Å². The molecule has 0 saturated carbocycles. The van der Waals surface area contributed by atoms with Crippen LogP contribution >= 0.6 is 11.6 Å². The van der Waals surface area contributed by atoms with E-state index in [0.717, 1.165) is 5.56 Å². The van der Waals surface area contributed by atoms with E-state index in [9.17, 15) is 9.90 Å². The topological polar surface area (TPSA) is 65.0 Å². The van der Waals surface area contributed by atoms with Crippen molar-refractivity contribution in [2.75, 3.05) is 6.79 Å². The lowest BCUT2D eigenvalue weighted by atomic mass is 9.90. The number of hydrogen-bond donors (Lipinski definition) is 1. The third-order valence-corrected chi connectivity index (χ3v) is 4.55. The average Bonchev–Trinajstić information content (AvgIpc) is 3.23. The number of rotatable bonds is 4. The number of carbonyl (C=O) groups is 1. The normalized spacial score (nSPS) is 21.9. The number of esters is 1. The summed E-state index contributed by atoms with van der Waals surface area (Å²) >= 11 is 6.07. The minimum Gasteiger partial charge on any atom is -0.461 e. The van der Waals surface area contributed by atoms with Gasteiger partial charge in [-0.05, 0) is 17.7 Å². The van der Waals surface area contributed by atoms with Crippen molar-refractivity contribution < 1.29 is 24.1 Å². The second kappa shape index (κ2) is 6.52. The molecular formula is C20H15ClO5. The molecule has 0 amide bonds. The van der Waals surface area contributed by atoms with E-state index in [2.05, 4.69) is 0 Å². The van der Waals surface area contributed by atoms with Crippen molar-refractivity contribution in [3.05, 3.63) is 93.9 Å². The smallest absolute Gasteiger partial charge is 0.345 e. The molecule has 26 heavy (non-hydrogen) atoms. The van der Waals surface area contributed by atoms with Gasteiger partial charge in [-0.1, -0.05) is 54.1 Å². The molecule has 0 aromatic heterocycles. The Morgan fingerprint density at radius 1 is 1.12 bits per heavy atom. The van der Waals surface area contributed by atoms with Gasteiger partial charge in [-0.3, -0.25) is 0 Å². The zero-order chi connectivity index (χ0) is 18.1. The van der Waals surface area contributed by atoms with Gasteiger partial charge in [-0.25, -0.2) is 4.79 Å². The summed E-state index contributed by atoms with van der Waals surface area (Å²) in [7, 11) is 0. The predicted molar refractivity (Wildman–Crippen MR) is 93.7 cm³/mol. The van der Waals surface area contributed by atoms with Crippen LogP contribution in [0.25, 0.3) is 0 Å². The van der Waals surface area contributed by atoms with E-state index in [1.165, 1.54) is 6.26 Å². The first-order valence-corrected chi connectivity index (χ1v) is 8.40. The Balaban J connectivity index is 1.87. The summed E-state index contributed by atoms with van der Waals surface area (Å²) in [5.74, 6) is -2.35. The van der Waals surface area contributed by atoms with Gasteiger partial charge in [0.2, 0.25) is 6.79 Å². The Kier molecular flexibility index (Phi) is 4.18. The summed E-state index contributed by atoms with van der Waals surface area (Å²) in [4.78, 5) is 12.6. The summed E-state index contributed by atoms with van der Waals surface area (Å²) in [5, 5.41) is 11.8. The van der Waals surface area contributed by atoms with Crippen molar-refractivity contribution >= 4 is 17.6 Å². The molecule has 0 aliphatic carbocycles. The van der Waals surface area contributed by atoms with E-state index in [-0.39, 0.29) is 18.1 Å². The minimum absolute atomic E-state index is 0.0142. The molecule has 0 fully saturated rings. The molecule has 5 nitrogen and oxygen atoms in total. The number of halogens is 1. The highest BCUT2D eigenvalue weighted by Crippen LogP contribution is 2.44. The predicted octanol–water partition coefficient (Wildman–Crippen LogP) is 3.43. The Morgan fingerprint density at radius 2 is 1.92 bits per heavy atom. The van der Waals surface area contributed by atoms with E-state index in [1.807, 2.05) is 30.3 Å². The first-order valence-electron chi connectivity index (χ1n) is 8.02. The van der Waals surface area contributed by atoms with Crippen molar-refractivity contribution in [3.63, 3.8) is 0 Å². The molecule has 2 aromatic rings. The molecule has 0 saturated heterocycles. The van der Waals surface area contributed by atoms with Crippen LogP contribution in [0.15, 0.2) is 77.8 Å². The molecule has 2 heterocycles. The second-order valence-corrected chi connectivity index (χ2v) is 6.41.